The molecule has 0 N–H and O–H groups in total. The fourth-order valence-electron chi connectivity index (χ4n) is 14.3. The van der Waals surface area contributed by atoms with Crippen molar-refractivity contribution in [3.63, 3.8) is 0 Å². The highest BCUT2D eigenvalue weighted by Crippen LogP contribution is 2.88. The number of methoxy groups -OCH3 is 2. The molecule has 5 aliphatic carbocycles. The maximum Gasteiger partial charge on any atom is 0.432 e. The summed E-state index contributed by atoms with van der Waals surface area (Å²) in [5.74, 6) is -2.41. The van der Waals surface area contributed by atoms with E-state index in [9.17, 15) is 35.9 Å². The maximum atomic E-state index is 14.9. The van der Waals surface area contributed by atoms with Crippen LogP contribution in [0.2, 0.25) is 0 Å². The van der Waals surface area contributed by atoms with Crippen LogP contribution in [0.3, 0.4) is 0 Å². The van der Waals surface area contributed by atoms with E-state index in [0.717, 1.165) is 71.2 Å². The molecule has 0 radical (unpaired) electrons. The second kappa shape index (κ2) is 16.2. The Morgan fingerprint density at radius 2 is 1.31 bits per heavy atom. The molecule has 6 nitrogen and oxygen atoms in total. The quantitative estimate of drug-likeness (QED) is 0.107. The van der Waals surface area contributed by atoms with Crippen molar-refractivity contribution in [1.82, 2.24) is 0 Å². The van der Waals surface area contributed by atoms with E-state index in [1.54, 1.807) is 12.1 Å². The van der Waals surface area contributed by atoms with Crippen LogP contribution in [0.1, 0.15) is 116 Å². The van der Waals surface area contributed by atoms with Gasteiger partial charge in [0.1, 0.15) is 6.10 Å². The molecule has 0 heterocycles. The van der Waals surface area contributed by atoms with Gasteiger partial charge in [-0.1, -0.05) is 107 Å². The molecule has 2 aromatic carbocycles. The zero-order chi connectivity index (χ0) is 45.3. The van der Waals surface area contributed by atoms with Crippen molar-refractivity contribution in [1.29, 1.82) is 0 Å². The van der Waals surface area contributed by atoms with Gasteiger partial charge in [0.2, 0.25) is 0 Å². The molecule has 0 unspecified atom stereocenters. The molecule has 2 aromatic rings. The van der Waals surface area contributed by atoms with Crippen LogP contribution in [-0.4, -0.2) is 51.2 Å². The first-order valence-corrected chi connectivity index (χ1v) is 22.5. The number of benzene rings is 2. The van der Waals surface area contributed by atoms with E-state index >= 15 is 0 Å². The molecule has 5 fully saturated rings. The Hall–Kier alpha value is -3.38. The fraction of sp³-hybridized carbons (Fsp3) is 0.680. The molecular weight excluding hydrogens is 811 g/mol. The van der Waals surface area contributed by atoms with Gasteiger partial charge in [-0.3, -0.25) is 0 Å². The molecule has 5 saturated carbocycles. The second-order valence-corrected chi connectivity index (χ2v) is 20.3. The van der Waals surface area contributed by atoms with Gasteiger partial charge >= 0.3 is 24.3 Å². The Labute approximate surface area is 362 Å². The molecule has 62 heavy (non-hydrogen) atoms. The average molecular weight is 875 g/mol. The van der Waals surface area contributed by atoms with Crippen LogP contribution in [0, 0.1) is 57.2 Å². The molecule has 7 rings (SSSR count). The number of carbonyl (C=O) groups is 2. The summed E-state index contributed by atoms with van der Waals surface area (Å²) in [6, 6.07) is 13.9. The first-order chi connectivity index (χ1) is 29.1. The van der Waals surface area contributed by atoms with Gasteiger partial charge in [0.05, 0.1) is 6.61 Å². The van der Waals surface area contributed by atoms with Gasteiger partial charge in [-0.25, -0.2) is 9.59 Å². The predicted molar refractivity (Wildman–Crippen MR) is 222 cm³/mol. The number of hydrogen-bond acceptors (Lipinski definition) is 6. The number of alkyl halides is 6. The van der Waals surface area contributed by atoms with Gasteiger partial charge in [0, 0.05) is 25.3 Å². The molecular formula is C50H64F6O6. The lowest BCUT2D eigenvalue weighted by atomic mass is 9.43. The summed E-state index contributed by atoms with van der Waals surface area (Å²) in [6.45, 7) is 15.1. The summed E-state index contributed by atoms with van der Waals surface area (Å²) in [5.41, 5.74) is -6.35. The lowest BCUT2D eigenvalue weighted by molar-refractivity contribution is -0.280. The average Bonchev–Trinajstić information content (AvgIpc) is 3.81. The van der Waals surface area contributed by atoms with Crippen LogP contribution in [0.25, 0.3) is 0 Å². The first kappa shape index (κ1) is 46.6. The Balaban J connectivity index is 1.11. The van der Waals surface area contributed by atoms with Crippen LogP contribution in [0.15, 0.2) is 72.8 Å². The number of esters is 2. The van der Waals surface area contributed by atoms with Crippen molar-refractivity contribution >= 4 is 11.9 Å². The van der Waals surface area contributed by atoms with Crippen molar-refractivity contribution in [2.75, 3.05) is 20.8 Å². The summed E-state index contributed by atoms with van der Waals surface area (Å²) in [5, 5.41) is 0. The van der Waals surface area contributed by atoms with Gasteiger partial charge < -0.3 is 18.9 Å². The number of rotatable bonds is 14. The first-order valence-electron chi connectivity index (χ1n) is 22.5. The van der Waals surface area contributed by atoms with E-state index in [0.29, 0.717) is 25.2 Å². The standard InChI is InChI=1S/C50H64F6O6/c1-31(2)32(3)19-20-34(29-61-41(57)47(59-7,49(51,52)53)35-15-11-9-12-16-35)38-23-25-44(6)40-22-21-37-33(4)39(24-26-45(37)30-46(40,45)28-27-43(38,44)5)62-42(58)48(60-8,50(54,55)56)36-17-13-10-14-18-36/h9-18,31,33-34,37-40H,3,19-30H2,1-2,4-8H3/t33-,34-,37-,38+,39-,40-,43+,44-,45+,46-,47-,48-/m0/s1. The lowest BCUT2D eigenvalue weighted by Gasteiger charge is -2.62. The molecule has 0 bridgehead atoms. The van der Waals surface area contributed by atoms with Crippen LogP contribution < -0.4 is 0 Å². The summed E-state index contributed by atoms with van der Waals surface area (Å²) in [7, 11) is 1.78. The summed E-state index contributed by atoms with van der Waals surface area (Å²) in [6.07, 6.45) is -1.75. The molecule has 2 spiro atoms. The molecule has 12 heteroatoms. The number of fused-ring (bicyclic) bond motifs is 2. The van der Waals surface area contributed by atoms with E-state index in [-0.39, 0.29) is 69.0 Å². The van der Waals surface area contributed by atoms with Gasteiger partial charge in [-0.15, -0.1) is 0 Å². The zero-order valence-corrected chi connectivity index (χ0v) is 37.2. The summed E-state index contributed by atoms with van der Waals surface area (Å²) < 4.78 is 111. The third-order valence-electron chi connectivity index (χ3n) is 17.9. The number of carbonyl (C=O) groups excluding carboxylic acids is 2. The maximum absolute atomic E-state index is 14.9. The van der Waals surface area contributed by atoms with E-state index in [2.05, 4.69) is 34.3 Å². The third-order valence-corrected chi connectivity index (χ3v) is 17.9. The number of halogens is 6. The minimum absolute atomic E-state index is 0.00488. The molecule has 0 amide bonds. The van der Waals surface area contributed by atoms with Crippen molar-refractivity contribution in [2.24, 2.45) is 57.2 Å². The van der Waals surface area contributed by atoms with Crippen molar-refractivity contribution in [3.05, 3.63) is 83.9 Å². The highest BCUT2D eigenvalue weighted by atomic mass is 19.4. The number of allylic oxidation sites excluding steroid dienone is 1. The van der Waals surface area contributed by atoms with Crippen LogP contribution in [0.4, 0.5) is 26.3 Å². The van der Waals surface area contributed by atoms with Crippen LogP contribution >= 0.6 is 0 Å². The van der Waals surface area contributed by atoms with Gasteiger partial charge in [-0.2, -0.15) is 26.3 Å². The Bertz CT molecular complexity index is 1970. The van der Waals surface area contributed by atoms with E-state index in [4.69, 9.17) is 18.9 Å². The van der Waals surface area contributed by atoms with Crippen LogP contribution in [0.5, 0.6) is 0 Å². The third kappa shape index (κ3) is 6.79. The normalized spacial score (nSPS) is 35.2. The topological polar surface area (TPSA) is 71.1 Å². The highest BCUT2D eigenvalue weighted by Gasteiger charge is 2.81. The highest BCUT2D eigenvalue weighted by molar-refractivity contribution is 5.83. The number of ether oxygens (including phenoxy) is 4. The SMILES string of the molecule is C=C(CC[C@@H](COC(=O)[C@@](OC)(c1ccccc1)C(F)(F)F)[C@H]1CC[C@@]2(C)[C@@H]3CC[C@H]4[C@H](C)[C@@H](OC(=O)[C@@](OC)(c5ccccc5)C(F)(F)F)CC[C@@]45C[C@@]35CC[C@]12C)C(C)C. The lowest BCUT2D eigenvalue weighted by Crippen LogP contribution is -2.57. The van der Waals surface area contributed by atoms with Crippen molar-refractivity contribution in [2.45, 2.75) is 135 Å². The Morgan fingerprint density at radius 3 is 1.84 bits per heavy atom. The van der Waals surface area contributed by atoms with Gasteiger partial charge in [0.25, 0.3) is 11.2 Å². The monoisotopic (exact) mass is 874 g/mol. The van der Waals surface area contributed by atoms with Crippen LogP contribution in [-0.2, 0) is 39.7 Å². The minimum atomic E-state index is -5.08. The van der Waals surface area contributed by atoms with E-state index in [1.807, 2.05) is 6.92 Å². The Morgan fingerprint density at radius 1 is 0.742 bits per heavy atom. The largest absolute Gasteiger partial charge is 0.463 e. The Kier molecular flexibility index (Phi) is 12.2. The van der Waals surface area contributed by atoms with Crippen molar-refractivity contribution < 1.29 is 54.9 Å². The molecule has 0 saturated heterocycles. The van der Waals surface area contributed by atoms with E-state index in [1.165, 1.54) is 48.5 Å². The van der Waals surface area contributed by atoms with Gasteiger partial charge in [-0.05, 0) is 128 Å². The molecule has 0 aliphatic heterocycles. The zero-order valence-electron chi connectivity index (χ0n) is 37.2. The summed E-state index contributed by atoms with van der Waals surface area (Å²) in [4.78, 5) is 27.6. The summed E-state index contributed by atoms with van der Waals surface area (Å²) >= 11 is 0. The second-order valence-electron chi connectivity index (χ2n) is 20.3. The molecule has 342 valence electrons. The smallest absolute Gasteiger partial charge is 0.432 e. The molecule has 5 aliphatic rings. The van der Waals surface area contributed by atoms with E-state index < -0.39 is 41.6 Å². The fourth-order valence-corrected chi connectivity index (χ4v) is 14.3. The van der Waals surface area contributed by atoms with Gasteiger partial charge in [0.15, 0.2) is 0 Å². The predicted octanol–water partition coefficient (Wildman–Crippen LogP) is 12.3. The molecule has 12 atom stereocenters. The molecule has 0 aromatic heterocycles. The van der Waals surface area contributed by atoms with Crippen molar-refractivity contribution in [3.8, 4) is 0 Å². The minimum Gasteiger partial charge on any atom is -0.463 e. The number of hydrogen-bond donors (Lipinski definition) is 0.